The molecule has 0 aliphatic carbocycles. The Kier molecular flexibility index (Phi) is 8.59. The molecule has 3 aromatic rings. The molecule has 3 amide bonds. The molecule has 0 saturated carbocycles. The van der Waals surface area contributed by atoms with Crippen molar-refractivity contribution in [3.05, 3.63) is 90.0 Å². The highest BCUT2D eigenvalue weighted by molar-refractivity contribution is 5.96. The molecule has 4 N–H and O–H groups in total. The van der Waals surface area contributed by atoms with Crippen LogP contribution in [0, 0.1) is 0 Å². The summed E-state index contributed by atoms with van der Waals surface area (Å²) in [4.78, 5) is 36.1. The molecule has 33 heavy (non-hydrogen) atoms. The molecular formula is C26H28N4O3. The number of aryl methyl sites for hydroxylation is 1. The van der Waals surface area contributed by atoms with Crippen LogP contribution in [0.1, 0.15) is 29.3 Å². The van der Waals surface area contributed by atoms with Crippen LogP contribution in [0.3, 0.4) is 0 Å². The van der Waals surface area contributed by atoms with E-state index in [4.69, 9.17) is 0 Å². The molecule has 0 atom stereocenters. The van der Waals surface area contributed by atoms with E-state index in [9.17, 15) is 14.4 Å². The van der Waals surface area contributed by atoms with Crippen molar-refractivity contribution in [2.75, 3.05) is 29.0 Å². The number of rotatable bonds is 10. The number of carbonyl (C=O) groups excluding carboxylic acids is 3. The van der Waals surface area contributed by atoms with Crippen LogP contribution in [-0.4, -0.2) is 30.8 Å². The molecule has 0 saturated heterocycles. The number of hydrogen-bond donors (Lipinski definition) is 4. The van der Waals surface area contributed by atoms with Crippen LogP contribution in [0.5, 0.6) is 0 Å². The van der Waals surface area contributed by atoms with Crippen molar-refractivity contribution < 1.29 is 14.4 Å². The smallest absolute Gasteiger partial charge is 0.251 e. The first-order chi connectivity index (χ1) is 16.0. The summed E-state index contributed by atoms with van der Waals surface area (Å²) in [7, 11) is 0. The second-order valence-corrected chi connectivity index (χ2v) is 7.45. The molecule has 0 bridgehead atoms. The van der Waals surface area contributed by atoms with Gasteiger partial charge in [0.15, 0.2) is 0 Å². The first-order valence-electron chi connectivity index (χ1n) is 10.9. The lowest BCUT2D eigenvalue weighted by molar-refractivity contribution is -0.116. The molecule has 3 rings (SSSR count). The van der Waals surface area contributed by atoms with Crippen LogP contribution < -0.4 is 21.3 Å². The highest BCUT2D eigenvalue weighted by Gasteiger charge is 2.07. The average Bonchev–Trinajstić information content (AvgIpc) is 2.83. The van der Waals surface area contributed by atoms with Gasteiger partial charge in [0.1, 0.15) is 0 Å². The number of carbonyl (C=O) groups is 3. The zero-order valence-electron chi connectivity index (χ0n) is 18.6. The Morgan fingerprint density at radius 2 is 1.27 bits per heavy atom. The minimum Gasteiger partial charge on any atom is -0.376 e. The van der Waals surface area contributed by atoms with Crippen LogP contribution in [0.15, 0.2) is 78.9 Å². The second kappa shape index (κ2) is 12.0. The van der Waals surface area contributed by atoms with Gasteiger partial charge in [0.25, 0.3) is 5.91 Å². The first-order valence-corrected chi connectivity index (χ1v) is 10.9. The van der Waals surface area contributed by atoms with E-state index in [1.807, 2.05) is 37.3 Å². The van der Waals surface area contributed by atoms with Gasteiger partial charge in [-0.1, -0.05) is 30.3 Å². The summed E-state index contributed by atoms with van der Waals surface area (Å²) < 4.78 is 0. The monoisotopic (exact) mass is 444 g/mol. The summed E-state index contributed by atoms with van der Waals surface area (Å²) in [5, 5.41) is 11.4. The number of benzene rings is 3. The fourth-order valence-corrected chi connectivity index (χ4v) is 3.15. The Hall–Kier alpha value is -4.13. The van der Waals surface area contributed by atoms with Gasteiger partial charge in [-0.15, -0.1) is 0 Å². The second-order valence-electron chi connectivity index (χ2n) is 7.45. The van der Waals surface area contributed by atoms with Crippen LogP contribution in [0.4, 0.5) is 17.1 Å². The van der Waals surface area contributed by atoms with Crippen molar-refractivity contribution in [1.82, 2.24) is 5.32 Å². The number of hydrogen-bond acceptors (Lipinski definition) is 4. The van der Waals surface area contributed by atoms with Gasteiger partial charge >= 0.3 is 0 Å². The van der Waals surface area contributed by atoms with Crippen molar-refractivity contribution in [3.8, 4) is 0 Å². The van der Waals surface area contributed by atoms with E-state index >= 15 is 0 Å². The molecule has 7 nitrogen and oxygen atoms in total. The maximum absolute atomic E-state index is 12.2. The van der Waals surface area contributed by atoms with Gasteiger partial charge in [-0.05, 0) is 67.4 Å². The Bertz CT molecular complexity index is 1060. The zero-order chi connectivity index (χ0) is 23.5. The highest BCUT2D eigenvalue weighted by Crippen LogP contribution is 2.15. The van der Waals surface area contributed by atoms with E-state index in [1.54, 1.807) is 48.5 Å². The van der Waals surface area contributed by atoms with Gasteiger partial charge in [-0.2, -0.15) is 0 Å². The van der Waals surface area contributed by atoms with E-state index in [1.165, 1.54) is 0 Å². The lowest BCUT2D eigenvalue weighted by Crippen LogP contribution is -2.23. The lowest BCUT2D eigenvalue weighted by atomic mass is 10.1. The van der Waals surface area contributed by atoms with Gasteiger partial charge < -0.3 is 21.3 Å². The van der Waals surface area contributed by atoms with Crippen LogP contribution in [0.25, 0.3) is 0 Å². The molecule has 0 aromatic heterocycles. The Morgan fingerprint density at radius 3 is 1.91 bits per heavy atom. The van der Waals surface area contributed by atoms with E-state index in [0.29, 0.717) is 36.3 Å². The first kappa shape index (κ1) is 23.5. The summed E-state index contributed by atoms with van der Waals surface area (Å²) >= 11 is 0. The maximum Gasteiger partial charge on any atom is 0.251 e. The van der Waals surface area contributed by atoms with Crippen LogP contribution in [-0.2, 0) is 16.0 Å². The van der Waals surface area contributed by atoms with Crippen molar-refractivity contribution >= 4 is 34.8 Å². The largest absolute Gasteiger partial charge is 0.376 e. The van der Waals surface area contributed by atoms with E-state index in [-0.39, 0.29) is 24.3 Å². The average molecular weight is 445 g/mol. The summed E-state index contributed by atoms with van der Waals surface area (Å²) in [6.07, 6.45) is 1.10. The van der Waals surface area contributed by atoms with Gasteiger partial charge in [0.05, 0.1) is 6.54 Å². The normalized spacial score (nSPS) is 10.2. The molecular weight excluding hydrogens is 416 g/mol. The van der Waals surface area contributed by atoms with Crippen molar-refractivity contribution in [1.29, 1.82) is 0 Å². The van der Waals surface area contributed by atoms with Crippen molar-refractivity contribution in [3.63, 3.8) is 0 Å². The molecule has 0 radical (unpaired) electrons. The molecule has 0 spiro atoms. The minimum absolute atomic E-state index is 0.0443. The molecule has 0 aliphatic heterocycles. The molecule has 170 valence electrons. The maximum atomic E-state index is 12.2. The van der Waals surface area contributed by atoms with Gasteiger partial charge in [-0.3, -0.25) is 14.4 Å². The van der Waals surface area contributed by atoms with E-state index < -0.39 is 0 Å². The highest BCUT2D eigenvalue weighted by atomic mass is 16.2. The SMILES string of the molecule is CCNC(=O)c1ccc(NC(=O)CNc2ccc(NC(=O)CCc3ccccc3)cc2)cc1. The van der Waals surface area contributed by atoms with Crippen molar-refractivity contribution in [2.45, 2.75) is 19.8 Å². The summed E-state index contributed by atoms with van der Waals surface area (Å²) in [5.41, 5.74) is 3.75. The third kappa shape index (κ3) is 7.81. The predicted octanol–water partition coefficient (Wildman–Crippen LogP) is 4.06. The molecule has 0 unspecified atom stereocenters. The number of nitrogens with one attached hydrogen (secondary N) is 4. The summed E-state index contributed by atoms with van der Waals surface area (Å²) in [6, 6.07) is 23.8. The lowest BCUT2D eigenvalue weighted by Gasteiger charge is -2.10. The van der Waals surface area contributed by atoms with Gasteiger partial charge in [0.2, 0.25) is 11.8 Å². The number of anilines is 3. The summed E-state index contributed by atoms with van der Waals surface area (Å²) in [6.45, 7) is 2.50. The zero-order valence-corrected chi connectivity index (χ0v) is 18.6. The molecule has 7 heteroatoms. The van der Waals surface area contributed by atoms with E-state index in [0.717, 1.165) is 11.3 Å². The molecule has 0 heterocycles. The quantitative estimate of drug-likeness (QED) is 0.379. The van der Waals surface area contributed by atoms with Gasteiger partial charge in [0, 0.05) is 35.6 Å². The topological polar surface area (TPSA) is 99.3 Å². The Balaban J connectivity index is 1.41. The summed E-state index contributed by atoms with van der Waals surface area (Å²) in [5.74, 6) is -0.399. The van der Waals surface area contributed by atoms with Gasteiger partial charge in [-0.25, -0.2) is 0 Å². The number of amides is 3. The minimum atomic E-state index is -0.209. The Morgan fingerprint density at radius 1 is 0.697 bits per heavy atom. The third-order valence-electron chi connectivity index (χ3n) is 4.87. The Labute approximate surface area is 193 Å². The fourth-order valence-electron chi connectivity index (χ4n) is 3.15. The molecule has 0 aliphatic rings. The van der Waals surface area contributed by atoms with Crippen molar-refractivity contribution in [2.24, 2.45) is 0 Å². The molecule has 0 fully saturated rings. The third-order valence-corrected chi connectivity index (χ3v) is 4.87. The van der Waals surface area contributed by atoms with E-state index in [2.05, 4.69) is 21.3 Å². The molecule has 3 aromatic carbocycles. The standard InChI is InChI=1S/C26H28N4O3/c1-2-27-26(33)20-9-11-22(12-10-20)30-25(32)18-28-21-13-15-23(16-14-21)29-24(31)17-8-19-6-4-3-5-7-19/h3-7,9-16,28H,2,8,17-18H2,1H3,(H,27,33)(H,29,31)(H,30,32). The fraction of sp³-hybridized carbons (Fsp3) is 0.192. The van der Waals surface area contributed by atoms with Crippen LogP contribution >= 0.6 is 0 Å². The predicted molar refractivity (Wildman–Crippen MR) is 131 cm³/mol. The van der Waals surface area contributed by atoms with Crippen LogP contribution in [0.2, 0.25) is 0 Å².